The first-order chi connectivity index (χ1) is 11.1. The number of nitrogens with one attached hydrogen (secondary N) is 1. The molecule has 0 aliphatic carbocycles. The van der Waals surface area contributed by atoms with E-state index in [1.807, 2.05) is 49.4 Å². The number of nitrogens with zero attached hydrogens (tertiary/aromatic N) is 1. The third kappa shape index (κ3) is 6.53. The zero-order valence-electron chi connectivity index (χ0n) is 13.8. The average molecular weight is 311 g/mol. The molecule has 0 radical (unpaired) electrons. The maximum absolute atomic E-state index is 5.92. The van der Waals surface area contributed by atoms with Crippen LogP contribution in [0.25, 0.3) is 0 Å². The van der Waals surface area contributed by atoms with Crippen molar-refractivity contribution in [1.82, 2.24) is 0 Å². The fraction of sp³-hybridized carbons (Fsp3) is 0.316. The second-order valence-electron chi connectivity index (χ2n) is 5.83. The molecule has 0 bridgehead atoms. The molecule has 2 aromatic carbocycles. The standard InChI is InChI=1S/C19H25N3O/c1-15-7-6-10-18(11-15)22-19(20)21-12-16(2)13-23-14-17-8-4-3-5-9-17/h3-11,16H,12-14H2,1-2H3,(H3,20,21,22). The van der Waals surface area contributed by atoms with Gasteiger partial charge < -0.3 is 15.8 Å². The van der Waals surface area contributed by atoms with Gasteiger partial charge >= 0.3 is 0 Å². The molecule has 0 saturated carbocycles. The number of hydrogen-bond acceptors (Lipinski definition) is 2. The van der Waals surface area contributed by atoms with Crippen LogP contribution >= 0.6 is 0 Å². The van der Waals surface area contributed by atoms with Gasteiger partial charge in [0.05, 0.1) is 13.2 Å². The summed E-state index contributed by atoms with van der Waals surface area (Å²) in [5, 5.41) is 3.11. The molecule has 0 heterocycles. The molecule has 1 atom stereocenters. The minimum atomic E-state index is 0.316. The highest BCUT2D eigenvalue weighted by atomic mass is 16.5. The second-order valence-corrected chi connectivity index (χ2v) is 5.83. The lowest BCUT2D eigenvalue weighted by Crippen LogP contribution is -2.24. The summed E-state index contributed by atoms with van der Waals surface area (Å²) in [4.78, 5) is 4.38. The Balaban J connectivity index is 1.71. The summed E-state index contributed by atoms with van der Waals surface area (Å²) in [6.45, 7) is 6.08. The number of nitrogens with two attached hydrogens (primary N) is 1. The molecule has 0 aliphatic heterocycles. The Morgan fingerprint density at radius 3 is 2.70 bits per heavy atom. The molecule has 3 N–H and O–H groups in total. The van der Waals surface area contributed by atoms with E-state index in [0.29, 0.717) is 31.6 Å². The van der Waals surface area contributed by atoms with Gasteiger partial charge in [-0.05, 0) is 36.1 Å². The Bertz CT molecular complexity index is 626. The molecule has 0 spiro atoms. The van der Waals surface area contributed by atoms with Gasteiger partial charge in [0.15, 0.2) is 5.96 Å². The second kappa shape index (κ2) is 8.96. The lowest BCUT2D eigenvalue weighted by molar-refractivity contribution is 0.0945. The van der Waals surface area contributed by atoms with Crippen LogP contribution in [0.5, 0.6) is 0 Å². The Labute approximate surface area is 138 Å². The molecule has 0 fully saturated rings. The van der Waals surface area contributed by atoms with Gasteiger partial charge in [-0.15, -0.1) is 0 Å². The number of aryl methyl sites for hydroxylation is 1. The highest BCUT2D eigenvalue weighted by molar-refractivity contribution is 5.92. The molecule has 122 valence electrons. The summed E-state index contributed by atoms with van der Waals surface area (Å²) in [7, 11) is 0. The van der Waals surface area contributed by atoms with Crippen LogP contribution in [0.2, 0.25) is 0 Å². The number of aliphatic imine (C=N–C) groups is 1. The van der Waals surface area contributed by atoms with Gasteiger partial charge in [-0.3, -0.25) is 4.99 Å². The molecule has 23 heavy (non-hydrogen) atoms. The van der Waals surface area contributed by atoms with E-state index in [9.17, 15) is 0 Å². The maximum Gasteiger partial charge on any atom is 0.193 e. The summed E-state index contributed by atoms with van der Waals surface area (Å²) >= 11 is 0. The van der Waals surface area contributed by atoms with E-state index in [1.165, 1.54) is 11.1 Å². The highest BCUT2D eigenvalue weighted by Gasteiger charge is 2.03. The van der Waals surface area contributed by atoms with Crippen LogP contribution in [0.4, 0.5) is 5.69 Å². The van der Waals surface area contributed by atoms with E-state index < -0.39 is 0 Å². The fourth-order valence-electron chi connectivity index (χ4n) is 2.17. The van der Waals surface area contributed by atoms with Crippen LogP contribution < -0.4 is 11.1 Å². The highest BCUT2D eigenvalue weighted by Crippen LogP contribution is 2.09. The van der Waals surface area contributed by atoms with E-state index >= 15 is 0 Å². The first-order valence-electron chi connectivity index (χ1n) is 7.89. The number of rotatable bonds is 7. The molecule has 0 aliphatic rings. The molecule has 0 amide bonds. The number of benzene rings is 2. The van der Waals surface area contributed by atoms with Crippen LogP contribution in [-0.4, -0.2) is 19.1 Å². The Kier molecular flexibility index (Phi) is 6.63. The topological polar surface area (TPSA) is 59.6 Å². The van der Waals surface area contributed by atoms with Crippen molar-refractivity contribution in [2.24, 2.45) is 16.6 Å². The quantitative estimate of drug-likeness (QED) is 0.607. The zero-order valence-corrected chi connectivity index (χ0v) is 13.8. The van der Waals surface area contributed by atoms with Crippen LogP contribution in [0.1, 0.15) is 18.1 Å². The largest absolute Gasteiger partial charge is 0.376 e. The molecule has 2 aromatic rings. The molecule has 2 rings (SSSR count). The van der Waals surface area contributed by atoms with Gasteiger partial charge in [0.2, 0.25) is 0 Å². The first kappa shape index (κ1) is 17.0. The van der Waals surface area contributed by atoms with E-state index in [2.05, 4.69) is 29.4 Å². The van der Waals surface area contributed by atoms with Crippen molar-refractivity contribution in [1.29, 1.82) is 0 Å². The van der Waals surface area contributed by atoms with Crippen LogP contribution in [0.3, 0.4) is 0 Å². The first-order valence-corrected chi connectivity index (χ1v) is 7.89. The van der Waals surface area contributed by atoms with Crippen molar-refractivity contribution < 1.29 is 4.74 Å². The van der Waals surface area contributed by atoms with Crippen molar-refractivity contribution in [2.45, 2.75) is 20.5 Å². The molecule has 1 unspecified atom stereocenters. The van der Waals surface area contributed by atoms with E-state index in [-0.39, 0.29) is 0 Å². The van der Waals surface area contributed by atoms with E-state index in [4.69, 9.17) is 10.5 Å². The third-order valence-corrected chi connectivity index (χ3v) is 3.38. The van der Waals surface area contributed by atoms with Crippen molar-refractivity contribution in [3.63, 3.8) is 0 Å². The molecule has 0 aromatic heterocycles. The predicted octanol–water partition coefficient (Wildman–Crippen LogP) is 3.57. The minimum absolute atomic E-state index is 0.316. The fourth-order valence-corrected chi connectivity index (χ4v) is 2.17. The summed E-state index contributed by atoms with van der Waals surface area (Å²) < 4.78 is 5.72. The molecule has 4 nitrogen and oxygen atoms in total. The van der Waals surface area contributed by atoms with Crippen LogP contribution in [-0.2, 0) is 11.3 Å². The van der Waals surface area contributed by atoms with Crippen molar-refractivity contribution in [3.8, 4) is 0 Å². The van der Waals surface area contributed by atoms with Gasteiger partial charge in [0.25, 0.3) is 0 Å². The third-order valence-electron chi connectivity index (χ3n) is 3.38. The normalized spacial score (nSPS) is 12.9. The summed E-state index contributed by atoms with van der Waals surface area (Å²) in [5.74, 6) is 0.752. The van der Waals surface area contributed by atoms with E-state index in [1.54, 1.807) is 0 Å². The summed E-state index contributed by atoms with van der Waals surface area (Å²) in [5.41, 5.74) is 9.25. The minimum Gasteiger partial charge on any atom is -0.376 e. The Morgan fingerprint density at radius 1 is 1.17 bits per heavy atom. The Hall–Kier alpha value is -2.33. The van der Waals surface area contributed by atoms with Gasteiger partial charge in [-0.25, -0.2) is 0 Å². The van der Waals surface area contributed by atoms with E-state index in [0.717, 1.165) is 5.69 Å². The van der Waals surface area contributed by atoms with Gasteiger partial charge in [-0.2, -0.15) is 0 Å². The van der Waals surface area contributed by atoms with Gasteiger partial charge in [0, 0.05) is 12.2 Å². The van der Waals surface area contributed by atoms with Crippen molar-refractivity contribution in [2.75, 3.05) is 18.5 Å². The Morgan fingerprint density at radius 2 is 1.96 bits per heavy atom. The van der Waals surface area contributed by atoms with Crippen LogP contribution in [0.15, 0.2) is 59.6 Å². The SMILES string of the molecule is Cc1cccc(NC(N)=NCC(C)COCc2ccccc2)c1. The smallest absolute Gasteiger partial charge is 0.193 e. The van der Waals surface area contributed by atoms with Crippen LogP contribution in [0, 0.1) is 12.8 Å². The zero-order chi connectivity index (χ0) is 16.5. The lowest BCUT2D eigenvalue weighted by atomic mass is 10.2. The molecular formula is C19H25N3O. The van der Waals surface area contributed by atoms with Crippen molar-refractivity contribution in [3.05, 3.63) is 65.7 Å². The van der Waals surface area contributed by atoms with Gasteiger partial charge in [-0.1, -0.05) is 49.4 Å². The van der Waals surface area contributed by atoms with Gasteiger partial charge in [0.1, 0.15) is 0 Å². The molecule has 4 heteroatoms. The number of ether oxygens (including phenoxy) is 1. The number of guanidine groups is 1. The molecule has 0 saturated heterocycles. The number of hydrogen-bond donors (Lipinski definition) is 2. The molecular weight excluding hydrogens is 286 g/mol. The summed E-state index contributed by atoms with van der Waals surface area (Å²) in [6, 6.07) is 18.2. The monoisotopic (exact) mass is 311 g/mol. The average Bonchev–Trinajstić information content (AvgIpc) is 2.54. The summed E-state index contributed by atoms with van der Waals surface area (Å²) in [6.07, 6.45) is 0. The maximum atomic E-state index is 5.92. The lowest BCUT2D eigenvalue weighted by Gasteiger charge is -2.11. The number of anilines is 1. The predicted molar refractivity (Wildman–Crippen MR) is 96.6 cm³/mol. The van der Waals surface area contributed by atoms with Crippen molar-refractivity contribution >= 4 is 11.6 Å².